The van der Waals surface area contributed by atoms with E-state index in [1.807, 2.05) is 12.4 Å². The molecule has 0 amide bonds. The van der Waals surface area contributed by atoms with E-state index in [0.29, 0.717) is 0 Å². The Morgan fingerprint density at radius 2 is 1.29 bits per heavy atom. The van der Waals surface area contributed by atoms with Crippen molar-refractivity contribution >= 4 is 12.4 Å². The van der Waals surface area contributed by atoms with E-state index in [1.54, 1.807) is 25.0 Å². The minimum absolute atomic E-state index is 0.827. The second-order valence-corrected chi connectivity index (χ2v) is 5.29. The molecule has 0 unspecified atom stereocenters. The summed E-state index contributed by atoms with van der Waals surface area (Å²) in [5, 5.41) is 6.80. The summed E-state index contributed by atoms with van der Waals surface area (Å²) in [6, 6.07) is 0. The van der Waals surface area contributed by atoms with Gasteiger partial charge in [0.05, 0.1) is 36.4 Å². The largest absolute Gasteiger partial charge is 0.344 e. The molecule has 0 fully saturated rings. The van der Waals surface area contributed by atoms with Crippen molar-refractivity contribution in [2.24, 2.45) is 9.98 Å². The topological polar surface area (TPSA) is 106 Å². The van der Waals surface area contributed by atoms with E-state index in [4.69, 9.17) is 0 Å². The number of H-pyrrole nitrogens is 2. The lowest BCUT2D eigenvalue weighted by Crippen LogP contribution is -2.29. The van der Waals surface area contributed by atoms with Crippen LogP contribution in [-0.4, -0.2) is 71.6 Å². The fourth-order valence-corrected chi connectivity index (χ4v) is 2.02. The highest BCUT2D eigenvalue weighted by atomic mass is 14.9. The summed E-state index contributed by atoms with van der Waals surface area (Å²) in [4.78, 5) is 22.5. The second-order valence-electron chi connectivity index (χ2n) is 5.29. The molecule has 0 atom stereocenters. The summed E-state index contributed by atoms with van der Waals surface area (Å²) < 4.78 is 0. The van der Waals surface area contributed by atoms with Crippen LogP contribution in [0.3, 0.4) is 0 Å². The number of nitrogens with zero attached hydrogens (tertiary/aromatic N) is 4. The van der Waals surface area contributed by atoms with Crippen molar-refractivity contribution in [2.75, 3.05) is 39.3 Å². The van der Waals surface area contributed by atoms with Crippen LogP contribution in [0.5, 0.6) is 0 Å². The third kappa shape index (κ3) is 8.35. The predicted octanol–water partition coefficient (Wildman–Crippen LogP) is 0.630. The molecule has 4 N–H and O–H groups in total. The molecule has 8 heteroatoms. The molecule has 0 aliphatic carbocycles. The van der Waals surface area contributed by atoms with Gasteiger partial charge in [-0.2, -0.15) is 0 Å². The lowest BCUT2D eigenvalue weighted by Gasteiger charge is -2.05. The predicted molar refractivity (Wildman–Crippen MR) is 97.1 cm³/mol. The Balaban J connectivity index is 1.32. The van der Waals surface area contributed by atoms with Crippen molar-refractivity contribution in [2.45, 2.75) is 12.8 Å². The Kier molecular flexibility index (Phi) is 9.12. The summed E-state index contributed by atoms with van der Waals surface area (Å²) in [5.74, 6) is 0. The quantitative estimate of drug-likeness (QED) is 0.319. The van der Waals surface area contributed by atoms with Gasteiger partial charge in [-0.15, -0.1) is 0 Å². The SMILES string of the molecule is C(=NCCCNCCNCCCN=Cc1cnc[nH]1)c1cnc[nH]1. The van der Waals surface area contributed by atoms with E-state index in [-0.39, 0.29) is 0 Å². The molecule has 0 spiro atoms. The Morgan fingerprint density at radius 1 is 0.792 bits per heavy atom. The van der Waals surface area contributed by atoms with Gasteiger partial charge in [0, 0.05) is 38.6 Å². The Hall–Kier alpha value is -2.32. The molecule has 0 bridgehead atoms. The first-order valence-electron chi connectivity index (χ1n) is 8.33. The normalized spacial score (nSPS) is 11.8. The Labute approximate surface area is 142 Å². The Bertz CT molecular complexity index is 507. The zero-order valence-electron chi connectivity index (χ0n) is 13.9. The van der Waals surface area contributed by atoms with Gasteiger partial charge in [0.2, 0.25) is 0 Å². The standard InChI is InChI=1S/C16H26N8/c1(5-19-9-15-11-21-13-23-15)3-17-7-8-18-4-2-6-20-10-16-12-22-14-24-16/h9-14,17-18H,1-8H2,(H,21,23)(H,22,24). The molecule has 0 saturated carbocycles. The van der Waals surface area contributed by atoms with E-state index < -0.39 is 0 Å². The number of imidazole rings is 2. The van der Waals surface area contributed by atoms with Gasteiger partial charge in [-0.1, -0.05) is 0 Å². The fourth-order valence-electron chi connectivity index (χ4n) is 2.02. The third-order valence-electron chi connectivity index (χ3n) is 3.26. The van der Waals surface area contributed by atoms with E-state index in [9.17, 15) is 0 Å². The summed E-state index contributed by atoms with van der Waals surface area (Å²) in [5.41, 5.74) is 1.89. The zero-order chi connectivity index (χ0) is 16.7. The number of rotatable bonds is 13. The van der Waals surface area contributed by atoms with Crippen LogP contribution < -0.4 is 10.6 Å². The highest BCUT2D eigenvalue weighted by molar-refractivity contribution is 5.76. The summed E-state index contributed by atoms with van der Waals surface area (Å²) in [6.45, 7) is 5.57. The van der Waals surface area contributed by atoms with Crippen LogP contribution >= 0.6 is 0 Å². The molecule has 0 aromatic carbocycles. The average molecular weight is 330 g/mol. The van der Waals surface area contributed by atoms with Gasteiger partial charge in [0.15, 0.2) is 0 Å². The molecule has 8 nitrogen and oxygen atoms in total. The molecule has 130 valence electrons. The minimum atomic E-state index is 0.827. The van der Waals surface area contributed by atoms with Crippen molar-refractivity contribution < 1.29 is 0 Å². The van der Waals surface area contributed by atoms with E-state index in [1.165, 1.54) is 0 Å². The molecule has 2 rings (SSSR count). The maximum atomic E-state index is 4.34. The zero-order valence-corrected chi connectivity index (χ0v) is 13.9. The van der Waals surface area contributed by atoms with Gasteiger partial charge in [0.1, 0.15) is 0 Å². The first-order chi connectivity index (χ1) is 11.9. The molecule has 0 saturated heterocycles. The fraction of sp³-hybridized carbons (Fsp3) is 0.500. The van der Waals surface area contributed by atoms with Crippen molar-refractivity contribution in [3.63, 3.8) is 0 Å². The molecule has 2 heterocycles. The van der Waals surface area contributed by atoms with E-state index in [2.05, 4.69) is 40.6 Å². The van der Waals surface area contributed by atoms with Gasteiger partial charge in [-0.3, -0.25) is 9.98 Å². The van der Waals surface area contributed by atoms with Crippen LogP contribution in [0.1, 0.15) is 24.2 Å². The number of aromatic nitrogens is 4. The van der Waals surface area contributed by atoms with Crippen molar-refractivity contribution in [1.82, 2.24) is 30.6 Å². The molecule has 2 aromatic heterocycles. The molecule has 24 heavy (non-hydrogen) atoms. The molecular formula is C16H26N8. The molecule has 2 aromatic rings. The van der Waals surface area contributed by atoms with Crippen LogP contribution in [-0.2, 0) is 0 Å². The monoisotopic (exact) mass is 330 g/mol. The highest BCUT2D eigenvalue weighted by Gasteiger charge is 1.90. The number of aliphatic imine (C=N–C) groups is 2. The molecular weight excluding hydrogens is 304 g/mol. The number of aromatic amines is 2. The van der Waals surface area contributed by atoms with Gasteiger partial charge in [-0.25, -0.2) is 9.97 Å². The van der Waals surface area contributed by atoms with Crippen molar-refractivity contribution in [3.05, 3.63) is 36.4 Å². The van der Waals surface area contributed by atoms with Gasteiger partial charge in [0.25, 0.3) is 0 Å². The van der Waals surface area contributed by atoms with Crippen LogP contribution in [0.25, 0.3) is 0 Å². The molecule has 0 aliphatic rings. The number of hydrogen-bond acceptors (Lipinski definition) is 6. The van der Waals surface area contributed by atoms with Crippen LogP contribution in [0.15, 0.2) is 35.0 Å². The minimum Gasteiger partial charge on any atom is -0.344 e. The van der Waals surface area contributed by atoms with Crippen LogP contribution in [0.2, 0.25) is 0 Å². The maximum Gasteiger partial charge on any atom is 0.0924 e. The summed E-state index contributed by atoms with van der Waals surface area (Å²) in [6.07, 6.45) is 12.5. The summed E-state index contributed by atoms with van der Waals surface area (Å²) in [7, 11) is 0. The summed E-state index contributed by atoms with van der Waals surface area (Å²) >= 11 is 0. The van der Waals surface area contributed by atoms with Gasteiger partial charge in [-0.05, 0) is 25.9 Å². The smallest absolute Gasteiger partial charge is 0.0924 e. The lowest BCUT2D eigenvalue weighted by atomic mass is 10.4. The van der Waals surface area contributed by atoms with E-state index >= 15 is 0 Å². The van der Waals surface area contributed by atoms with E-state index in [0.717, 1.165) is 63.5 Å². The maximum absolute atomic E-state index is 4.34. The second kappa shape index (κ2) is 12.1. The highest BCUT2D eigenvalue weighted by Crippen LogP contribution is 1.87. The average Bonchev–Trinajstić information content (AvgIpc) is 3.28. The Morgan fingerprint density at radius 3 is 1.71 bits per heavy atom. The van der Waals surface area contributed by atoms with Gasteiger partial charge < -0.3 is 20.6 Å². The number of nitrogens with one attached hydrogen (secondary N) is 4. The molecule has 0 radical (unpaired) electrons. The lowest BCUT2D eigenvalue weighted by molar-refractivity contribution is 0.591. The van der Waals surface area contributed by atoms with Crippen molar-refractivity contribution in [1.29, 1.82) is 0 Å². The van der Waals surface area contributed by atoms with Crippen LogP contribution in [0, 0.1) is 0 Å². The first-order valence-corrected chi connectivity index (χ1v) is 8.33. The molecule has 0 aliphatic heterocycles. The van der Waals surface area contributed by atoms with Crippen molar-refractivity contribution in [3.8, 4) is 0 Å². The van der Waals surface area contributed by atoms with Gasteiger partial charge >= 0.3 is 0 Å². The number of hydrogen-bond donors (Lipinski definition) is 4. The van der Waals surface area contributed by atoms with Crippen LogP contribution in [0.4, 0.5) is 0 Å². The third-order valence-corrected chi connectivity index (χ3v) is 3.26. The first kappa shape index (κ1) is 18.0.